The first kappa shape index (κ1) is 18.5. The van der Waals surface area contributed by atoms with Crippen LogP contribution in [0.4, 0.5) is 13.2 Å². The number of carboxylic acids is 1. The van der Waals surface area contributed by atoms with Crippen molar-refractivity contribution in [1.82, 2.24) is 5.32 Å². The number of aliphatic carboxylic acids is 1. The summed E-state index contributed by atoms with van der Waals surface area (Å²) < 4.78 is 37.5. The maximum Gasteiger partial charge on any atom is 0.416 e. The van der Waals surface area contributed by atoms with Gasteiger partial charge in [-0.15, -0.1) is 0 Å². The van der Waals surface area contributed by atoms with Gasteiger partial charge in [-0.25, -0.2) is 4.79 Å². The van der Waals surface area contributed by atoms with Crippen molar-refractivity contribution in [3.05, 3.63) is 71.3 Å². The average Bonchev–Trinajstić information content (AvgIpc) is 2.54. The SMILES string of the molecule is O=C(Cc1ccc(C(F)(F)F)cc1)N[C@H](Cc1ccccc1)C(=O)O. The summed E-state index contributed by atoms with van der Waals surface area (Å²) >= 11 is 0. The lowest BCUT2D eigenvalue weighted by Crippen LogP contribution is -2.43. The quantitative estimate of drug-likeness (QED) is 0.841. The van der Waals surface area contributed by atoms with Crippen LogP contribution in [0.1, 0.15) is 16.7 Å². The molecule has 132 valence electrons. The fourth-order valence-electron chi connectivity index (χ4n) is 2.29. The van der Waals surface area contributed by atoms with Gasteiger partial charge < -0.3 is 10.4 Å². The first-order valence-electron chi connectivity index (χ1n) is 7.48. The predicted molar refractivity (Wildman–Crippen MR) is 84.9 cm³/mol. The summed E-state index contributed by atoms with van der Waals surface area (Å²) in [7, 11) is 0. The molecule has 0 bridgehead atoms. The molecular formula is C18H16F3NO3. The highest BCUT2D eigenvalue weighted by atomic mass is 19.4. The summed E-state index contributed by atoms with van der Waals surface area (Å²) in [6.07, 6.45) is -4.52. The monoisotopic (exact) mass is 351 g/mol. The Morgan fingerprint density at radius 2 is 1.56 bits per heavy atom. The van der Waals surface area contributed by atoms with Crippen molar-refractivity contribution in [3.8, 4) is 0 Å². The first-order chi connectivity index (χ1) is 11.8. The highest BCUT2D eigenvalue weighted by Crippen LogP contribution is 2.29. The van der Waals surface area contributed by atoms with Gasteiger partial charge in [-0.2, -0.15) is 13.2 Å². The molecule has 2 aromatic carbocycles. The third kappa shape index (κ3) is 5.63. The molecule has 0 heterocycles. The minimum absolute atomic E-state index is 0.120. The molecule has 0 saturated carbocycles. The van der Waals surface area contributed by atoms with E-state index in [1.807, 2.05) is 0 Å². The van der Waals surface area contributed by atoms with Crippen LogP contribution < -0.4 is 5.32 Å². The largest absolute Gasteiger partial charge is 0.480 e. The van der Waals surface area contributed by atoms with E-state index < -0.39 is 29.7 Å². The molecule has 7 heteroatoms. The van der Waals surface area contributed by atoms with E-state index in [-0.39, 0.29) is 12.8 Å². The molecule has 1 amide bonds. The van der Waals surface area contributed by atoms with Gasteiger partial charge >= 0.3 is 12.1 Å². The van der Waals surface area contributed by atoms with Gasteiger partial charge in [-0.1, -0.05) is 42.5 Å². The second-order valence-corrected chi connectivity index (χ2v) is 5.52. The maximum absolute atomic E-state index is 12.5. The molecule has 0 fully saturated rings. The Morgan fingerprint density at radius 3 is 2.08 bits per heavy atom. The van der Waals surface area contributed by atoms with Crippen molar-refractivity contribution < 1.29 is 27.9 Å². The van der Waals surface area contributed by atoms with Crippen molar-refractivity contribution in [1.29, 1.82) is 0 Å². The molecule has 0 aromatic heterocycles. The lowest BCUT2D eigenvalue weighted by Gasteiger charge is -2.15. The van der Waals surface area contributed by atoms with Crippen LogP contribution in [0.3, 0.4) is 0 Å². The third-order valence-electron chi connectivity index (χ3n) is 3.56. The lowest BCUT2D eigenvalue weighted by atomic mass is 10.0. The molecule has 0 aliphatic heterocycles. The molecule has 0 saturated heterocycles. The van der Waals surface area contributed by atoms with Crippen LogP contribution in [0.5, 0.6) is 0 Å². The molecule has 0 unspecified atom stereocenters. The smallest absolute Gasteiger partial charge is 0.416 e. The summed E-state index contributed by atoms with van der Waals surface area (Å²) in [5.74, 6) is -1.74. The van der Waals surface area contributed by atoms with Gasteiger partial charge in [-0.3, -0.25) is 4.79 Å². The molecule has 0 aliphatic carbocycles. The van der Waals surface area contributed by atoms with Crippen molar-refractivity contribution in [3.63, 3.8) is 0 Å². The number of nitrogens with one attached hydrogen (secondary N) is 1. The van der Waals surface area contributed by atoms with Gasteiger partial charge in [0.25, 0.3) is 0 Å². The number of halogens is 3. The molecule has 2 N–H and O–H groups in total. The summed E-state index contributed by atoms with van der Waals surface area (Å²) in [5.41, 5.74) is 0.322. The summed E-state index contributed by atoms with van der Waals surface area (Å²) in [5, 5.41) is 11.6. The number of rotatable bonds is 6. The predicted octanol–water partition coefficient (Wildman–Crippen LogP) is 3.06. The van der Waals surface area contributed by atoms with Crippen molar-refractivity contribution in [2.24, 2.45) is 0 Å². The van der Waals surface area contributed by atoms with Crippen LogP contribution in [-0.2, 0) is 28.6 Å². The second-order valence-electron chi connectivity index (χ2n) is 5.52. The summed E-state index contributed by atoms with van der Waals surface area (Å²) in [6.45, 7) is 0. The van der Waals surface area contributed by atoms with Gasteiger partial charge in [-0.05, 0) is 23.3 Å². The molecule has 2 aromatic rings. The number of benzene rings is 2. The van der Waals surface area contributed by atoms with Crippen LogP contribution in [0.25, 0.3) is 0 Å². The van der Waals surface area contributed by atoms with E-state index in [4.69, 9.17) is 0 Å². The Morgan fingerprint density at radius 1 is 0.960 bits per heavy atom. The van der Waals surface area contributed by atoms with E-state index in [0.717, 1.165) is 17.7 Å². The molecule has 0 radical (unpaired) electrons. The standard InChI is InChI=1S/C18H16F3NO3/c19-18(20,21)14-8-6-13(7-9-14)11-16(23)22-15(17(24)25)10-12-4-2-1-3-5-12/h1-9,15H,10-11H2,(H,22,23)(H,24,25)/t15-/m1/s1. The van der Waals surface area contributed by atoms with E-state index in [1.54, 1.807) is 30.3 Å². The number of carbonyl (C=O) groups is 2. The number of alkyl halides is 3. The second kappa shape index (κ2) is 7.83. The fraction of sp³-hybridized carbons (Fsp3) is 0.222. The van der Waals surface area contributed by atoms with Crippen LogP contribution in [0.15, 0.2) is 54.6 Å². The van der Waals surface area contributed by atoms with E-state index in [1.165, 1.54) is 12.1 Å². The Hall–Kier alpha value is -2.83. The van der Waals surface area contributed by atoms with Gasteiger partial charge in [0.1, 0.15) is 6.04 Å². The minimum Gasteiger partial charge on any atom is -0.480 e. The van der Waals surface area contributed by atoms with Crippen molar-refractivity contribution >= 4 is 11.9 Å². The van der Waals surface area contributed by atoms with E-state index in [2.05, 4.69) is 5.32 Å². The van der Waals surface area contributed by atoms with Crippen molar-refractivity contribution in [2.75, 3.05) is 0 Å². The van der Waals surface area contributed by atoms with Crippen LogP contribution in [0, 0.1) is 0 Å². The number of carbonyl (C=O) groups excluding carboxylic acids is 1. The molecule has 1 atom stereocenters. The molecule has 2 rings (SSSR count). The van der Waals surface area contributed by atoms with E-state index >= 15 is 0 Å². The number of hydrogen-bond donors (Lipinski definition) is 2. The Labute approximate surface area is 142 Å². The summed E-state index contributed by atoms with van der Waals surface area (Å²) in [4.78, 5) is 23.3. The van der Waals surface area contributed by atoms with Crippen molar-refractivity contribution in [2.45, 2.75) is 25.1 Å². The van der Waals surface area contributed by atoms with Gasteiger partial charge in [0, 0.05) is 6.42 Å². The van der Waals surface area contributed by atoms with E-state index in [9.17, 15) is 27.9 Å². The third-order valence-corrected chi connectivity index (χ3v) is 3.56. The number of carboxylic acid groups (broad SMARTS) is 1. The van der Waals surface area contributed by atoms with Gasteiger partial charge in [0.2, 0.25) is 5.91 Å². The Kier molecular flexibility index (Phi) is 5.80. The zero-order chi connectivity index (χ0) is 18.4. The van der Waals surface area contributed by atoms with Gasteiger partial charge in [0.15, 0.2) is 0 Å². The molecular weight excluding hydrogens is 335 g/mol. The minimum atomic E-state index is -4.44. The topological polar surface area (TPSA) is 66.4 Å². The lowest BCUT2D eigenvalue weighted by molar-refractivity contribution is -0.141. The maximum atomic E-state index is 12.5. The fourth-order valence-corrected chi connectivity index (χ4v) is 2.29. The molecule has 0 spiro atoms. The average molecular weight is 351 g/mol. The molecule has 4 nitrogen and oxygen atoms in total. The van der Waals surface area contributed by atoms with Crippen LogP contribution in [0.2, 0.25) is 0 Å². The first-order valence-corrected chi connectivity index (χ1v) is 7.48. The van der Waals surface area contributed by atoms with Crippen LogP contribution >= 0.6 is 0 Å². The van der Waals surface area contributed by atoms with Crippen LogP contribution in [-0.4, -0.2) is 23.0 Å². The van der Waals surface area contributed by atoms with E-state index in [0.29, 0.717) is 5.56 Å². The number of amides is 1. The zero-order valence-corrected chi connectivity index (χ0v) is 13.1. The number of hydrogen-bond acceptors (Lipinski definition) is 2. The summed E-state index contributed by atoms with van der Waals surface area (Å²) in [6, 6.07) is 11.9. The normalized spacial score (nSPS) is 12.4. The molecule has 0 aliphatic rings. The highest BCUT2D eigenvalue weighted by Gasteiger charge is 2.30. The zero-order valence-electron chi connectivity index (χ0n) is 13.1. The highest BCUT2D eigenvalue weighted by molar-refractivity contribution is 5.85. The van der Waals surface area contributed by atoms with Gasteiger partial charge in [0.05, 0.1) is 12.0 Å². The molecule has 25 heavy (non-hydrogen) atoms. The Bertz CT molecular complexity index is 727. The Balaban J connectivity index is 1.98.